The van der Waals surface area contributed by atoms with E-state index in [1.807, 2.05) is 12.1 Å². The highest BCUT2D eigenvalue weighted by molar-refractivity contribution is 5.81. The van der Waals surface area contributed by atoms with Crippen molar-refractivity contribution in [3.05, 3.63) is 41.8 Å². The van der Waals surface area contributed by atoms with E-state index >= 15 is 0 Å². The van der Waals surface area contributed by atoms with Gasteiger partial charge in [0, 0.05) is 25.9 Å². The van der Waals surface area contributed by atoms with Crippen LogP contribution in [-0.4, -0.2) is 34.6 Å². The van der Waals surface area contributed by atoms with Crippen LogP contribution in [0.25, 0.3) is 0 Å². The minimum absolute atomic E-state index is 0.0559. The number of Topliss-reactive ketones (excluding diaryl/α,β-unsaturated/α-hetero) is 1. The lowest BCUT2D eigenvalue weighted by Crippen LogP contribution is -2.09. The normalized spacial score (nSPS) is 10.5. The van der Waals surface area contributed by atoms with Gasteiger partial charge < -0.3 is 9.26 Å². The molecule has 0 unspecified atom stereocenters. The smallest absolute Gasteiger partial charge is 0.234 e. The maximum Gasteiger partial charge on any atom is 0.234 e. The van der Waals surface area contributed by atoms with Gasteiger partial charge in [-0.1, -0.05) is 11.2 Å². The Kier molecular flexibility index (Phi) is 4.14. The molecule has 0 N–H and O–H groups in total. The molecular formula is C12H13N3O3. The highest BCUT2D eigenvalue weighted by atomic mass is 16.5. The maximum atomic E-state index is 11.3. The zero-order valence-corrected chi connectivity index (χ0v) is 10.00. The summed E-state index contributed by atoms with van der Waals surface area (Å²) in [6, 6.07) is 3.78. The first-order valence-corrected chi connectivity index (χ1v) is 5.49. The fourth-order valence-electron chi connectivity index (χ4n) is 1.50. The Labute approximate surface area is 104 Å². The van der Waals surface area contributed by atoms with Gasteiger partial charge >= 0.3 is 0 Å². The molecule has 2 rings (SSSR count). The van der Waals surface area contributed by atoms with Gasteiger partial charge in [0.2, 0.25) is 5.89 Å². The lowest BCUT2D eigenvalue weighted by Gasteiger charge is -1.94. The van der Waals surface area contributed by atoms with Crippen molar-refractivity contribution in [1.82, 2.24) is 15.1 Å². The quantitative estimate of drug-likeness (QED) is 0.751. The predicted molar refractivity (Wildman–Crippen MR) is 61.9 cm³/mol. The Morgan fingerprint density at radius 2 is 2.39 bits per heavy atom. The first-order chi connectivity index (χ1) is 8.78. The highest BCUT2D eigenvalue weighted by Crippen LogP contribution is 2.06. The average molecular weight is 247 g/mol. The van der Waals surface area contributed by atoms with Crippen LogP contribution in [-0.2, 0) is 22.4 Å². The van der Waals surface area contributed by atoms with Crippen molar-refractivity contribution in [3.63, 3.8) is 0 Å². The molecule has 2 aromatic heterocycles. The van der Waals surface area contributed by atoms with Gasteiger partial charge in [0.25, 0.3) is 0 Å². The molecule has 0 bridgehead atoms. The van der Waals surface area contributed by atoms with Crippen LogP contribution in [0.5, 0.6) is 0 Å². The Balaban J connectivity index is 1.96. The standard InChI is InChI=1S/C12H13N3O3/c1-17-8-10(16)6-12-14-11(15-18-12)5-9-3-2-4-13-7-9/h2-4,7H,5-6,8H2,1H3. The summed E-state index contributed by atoms with van der Waals surface area (Å²) in [5, 5.41) is 3.82. The zero-order chi connectivity index (χ0) is 12.8. The van der Waals surface area contributed by atoms with E-state index < -0.39 is 0 Å². The largest absolute Gasteiger partial charge is 0.377 e. The number of ketones is 1. The number of nitrogens with zero attached hydrogens (tertiary/aromatic N) is 3. The Morgan fingerprint density at radius 1 is 1.50 bits per heavy atom. The fraction of sp³-hybridized carbons (Fsp3) is 0.333. The molecule has 2 aromatic rings. The molecule has 6 heteroatoms. The summed E-state index contributed by atoms with van der Waals surface area (Å²) < 4.78 is 9.73. The SMILES string of the molecule is COCC(=O)Cc1nc(Cc2cccnc2)no1. The molecule has 2 heterocycles. The van der Waals surface area contributed by atoms with Crippen LogP contribution >= 0.6 is 0 Å². The van der Waals surface area contributed by atoms with Crippen molar-refractivity contribution in [3.8, 4) is 0 Å². The number of rotatable bonds is 6. The Morgan fingerprint density at radius 3 is 3.11 bits per heavy atom. The van der Waals surface area contributed by atoms with Gasteiger partial charge in [0.1, 0.15) is 6.61 Å². The number of methoxy groups -OCH3 is 1. The molecule has 0 atom stereocenters. The topological polar surface area (TPSA) is 78.1 Å². The minimum atomic E-state index is -0.0888. The molecule has 6 nitrogen and oxygen atoms in total. The third-order valence-electron chi connectivity index (χ3n) is 2.25. The average Bonchev–Trinajstić information content (AvgIpc) is 2.78. The number of carbonyl (C=O) groups excluding carboxylic acids is 1. The van der Waals surface area contributed by atoms with Crippen LogP contribution in [0.4, 0.5) is 0 Å². The lowest BCUT2D eigenvalue weighted by molar-refractivity contribution is -0.122. The van der Waals surface area contributed by atoms with Crippen LogP contribution in [0.1, 0.15) is 17.3 Å². The molecular weight excluding hydrogens is 234 g/mol. The minimum Gasteiger partial charge on any atom is -0.377 e. The summed E-state index contributed by atoms with van der Waals surface area (Å²) in [5.74, 6) is 0.772. The second-order valence-electron chi connectivity index (χ2n) is 3.79. The third-order valence-corrected chi connectivity index (χ3v) is 2.25. The number of hydrogen-bond acceptors (Lipinski definition) is 6. The van der Waals surface area contributed by atoms with Crippen LogP contribution in [0.2, 0.25) is 0 Å². The van der Waals surface area contributed by atoms with Crippen LogP contribution in [0, 0.1) is 0 Å². The second kappa shape index (κ2) is 6.02. The predicted octanol–water partition coefficient (Wildman–Crippen LogP) is 0.813. The molecule has 0 saturated carbocycles. The summed E-state index contributed by atoms with van der Waals surface area (Å²) in [6.45, 7) is 0.0559. The van der Waals surface area contributed by atoms with E-state index in [2.05, 4.69) is 15.1 Å². The van der Waals surface area contributed by atoms with Crippen molar-refractivity contribution in [2.45, 2.75) is 12.8 Å². The van der Waals surface area contributed by atoms with Gasteiger partial charge in [-0.15, -0.1) is 0 Å². The number of hydrogen-bond donors (Lipinski definition) is 0. The van der Waals surface area contributed by atoms with E-state index in [1.54, 1.807) is 12.4 Å². The first kappa shape index (κ1) is 12.4. The summed E-state index contributed by atoms with van der Waals surface area (Å²) in [7, 11) is 1.47. The van der Waals surface area contributed by atoms with E-state index in [1.165, 1.54) is 7.11 Å². The molecule has 0 saturated heterocycles. The summed E-state index contributed by atoms with van der Waals surface area (Å²) >= 11 is 0. The monoisotopic (exact) mass is 247 g/mol. The molecule has 0 aromatic carbocycles. The molecule has 0 radical (unpaired) electrons. The summed E-state index contributed by atoms with van der Waals surface area (Å²) in [5.41, 5.74) is 0.994. The van der Waals surface area contributed by atoms with E-state index in [4.69, 9.17) is 9.26 Å². The summed E-state index contributed by atoms with van der Waals surface area (Å²) in [4.78, 5) is 19.5. The van der Waals surface area contributed by atoms with Gasteiger partial charge in [-0.3, -0.25) is 9.78 Å². The van der Waals surface area contributed by atoms with Crippen molar-refractivity contribution in [1.29, 1.82) is 0 Å². The molecule has 0 fully saturated rings. The second-order valence-corrected chi connectivity index (χ2v) is 3.79. The van der Waals surface area contributed by atoms with Gasteiger partial charge in [0.05, 0.1) is 6.42 Å². The lowest BCUT2D eigenvalue weighted by atomic mass is 10.2. The Bertz CT molecular complexity index is 510. The number of carbonyl (C=O) groups is 1. The number of pyridine rings is 1. The molecule has 0 aliphatic carbocycles. The van der Waals surface area contributed by atoms with E-state index in [9.17, 15) is 4.79 Å². The maximum absolute atomic E-state index is 11.3. The van der Waals surface area contributed by atoms with Crippen molar-refractivity contribution in [2.75, 3.05) is 13.7 Å². The molecule has 0 amide bonds. The zero-order valence-electron chi connectivity index (χ0n) is 10.00. The van der Waals surface area contributed by atoms with Crippen LogP contribution in [0.3, 0.4) is 0 Å². The Hall–Kier alpha value is -2.08. The molecule has 0 spiro atoms. The van der Waals surface area contributed by atoms with Crippen molar-refractivity contribution < 1.29 is 14.1 Å². The van der Waals surface area contributed by atoms with E-state index in [0.717, 1.165) is 5.56 Å². The molecule has 0 aliphatic rings. The van der Waals surface area contributed by atoms with Crippen molar-refractivity contribution in [2.24, 2.45) is 0 Å². The third kappa shape index (κ3) is 3.46. The van der Waals surface area contributed by atoms with E-state index in [-0.39, 0.29) is 18.8 Å². The molecule has 0 aliphatic heterocycles. The fourth-order valence-corrected chi connectivity index (χ4v) is 1.50. The highest BCUT2D eigenvalue weighted by Gasteiger charge is 2.11. The first-order valence-electron chi connectivity index (χ1n) is 5.49. The van der Waals surface area contributed by atoms with Gasteiger partial charge in [0.15, 0.2) is 11.6 Å². The molecule has 18 heavy (non-hydrogen) atoms. The van der Waals surface area contributed by atoms with Crippen molar-refractivity contribution >= 4 is 5.78 Å². The number of aromatic nitrogens is 3. The summed E-state index contributed by atoms with van der Waals surface area (Å²) in [6.07, 6.45) is 4.09. The van der Waals surface area contributed by atoms with Crippen LogP contribution in [0.15, 0.2) is 29.0 Å². The van der Waals surface area contributed by atoms with Gasteiger partial charge in [-0.25, -0.2) is 0 Å². The van der Waals surface area contributed by atoms with Gasteiger partial charge in [-0.05, 0) is 11.6 Å². The van der Waals surface area contributed by atoms with Crippen LogP contribution < -0.4 is 0 Å². The van der Waals surface area contributed by atoms with Gasteiger partial charge in [-0.2, -0.15) is 4.98 Å². The molecule has 94 valence electrons. The number of ether oxygens (including phenoxy) is 1. The van der Waals surface area contributed by atoms with E-state index in [0.29, 0.717) is 18.1 Å².